The predicted octanol–water partition coefficient (Wildman–Crippen LogP) is 4.17. The molecule has 114 valence electrons. The first kappa shape index (κ1) is 13.7. The first-order valence-corrected chi connectivity index (χ1v) is 7.74. The van der Waals surface area contributed by atoms with Gasteiger partial charge in [0.25, 0.3) is 5.79 Å². The SMILES string of the molecule is CC(C)O[C@H]1O[C@@]2(CCC=CO2)c2nc3ccccc3cc21. The van der Waals surface area contributed by atoms with Crippen LogP contribution in [-0.4, -0.2) is 11.1 Å². The van der Waals surface area contributed by atoms with Crippen LogP contribution in [0.1, 0.15) is 44.2 Å². The highest BCUT2D eigenvalue weighted by molar-refractivity contribution is 5.79. The summed E-state index contributed by atoms with van der Waals surface area (Å²) in [6, 6.07) is 10.2. The molecule has 0 radical (unpaired) electrons. The predicted molar refractivity (Wildman–Crippen MR) is 82.9 cm³/mol. The Balaban J connectivity index is 1.88. The van der Waals surface area contributed by atoms with E-state index >= 15 is 0 Å². The third-order valence-electron chi connectivity index (χ3n) is 4.06. The monoisotopic (exact) mass is 297 g/mol. The number of hydrogen-bond acceptors (Lipinski definition) is 4. The standard InChI is InChI=1S/C18H19NO3/c1-12(2)21-17-14-11-13-7-3-4-8-15(13)19-16(14)18(22-17)9-5-6-10-20-18/h3-4,6-8,10-12,17H,5,9H2,1-2H3/t17-,18-/m0/s1. The largest absolute Gasteiger partial charge is 0.464 e. The third kappa shape index (κ3) is 2.11. The molecule has 0 saturated heterocycles. The minimum atomic E-state index is -0.812. The molecule has 1 aromatic heterocycles. The Labute approximate surface area is 129 Å². The first-order valence-electron chi connectivity index (χ1n) is 7.74. The van der Waals surface area contributed by atoms with Crippen LogP contribution < -0.4 is 0 Å². The molecule has 0 aliphatic carbocycles. The van der Waals surface area contributed by atoms with Gasteiger partial charge in [-0.1, -0.05) is 18.2 Å². The summed E-state index contributed by atoms with van der Waals surface area (Å²) < 4.78 is 18.0. The van der Waals surface area contributed by atoms with E-state index in [4.69, 9.17) is 19.2 Å². The topological polar surface area (TPSA) is 40.6 Å². The Morgan fingerprint density at radius 2 is 2.18 bits per heavy atom. The fourth-order valence-electron chi connectivity index (χ4n) is 3.08. The van der Waals surface area contributed by atoms with Gasteiger partial charge in [0, 0.05) is 17.4 Å². The lowest BCUT2D eigenvalue weighted by molar-refractivity contribution is -0.298. The normalized spacial score (nSPS) is 26.6. The van der Waals surface area contributed by atoms with E-state index in [-0.39, 0.29) is 6.10 Å². The zero-order valence-electron chi connectivity index (χ0n) is 12.8. The molecule has 0 N–H and O–H groups in total. The summed E-state index contributed by atoms with van der Waals surface area (Å²) in [5.41, 5.74) is 2.77. The van der Waals surface area contributed by atoms with E-state index in [2.05, 4.69) is 12.1 Å². The van der Waals surface area contributed by atoms with Gasteiger partial charge in [-0.2, -0.15) is 0 Å². The quantitative estimate of drug-likeness (QED) is 0.834. The average molecular weight is 297 g/mol. The molecule has 4 nitrogen and oxygen atoms in total. The molecular weight excluding hydrogens is 278 g/mol. The Morgan fingerprint density at radius 3 is 2.95 bits per heavy atom. The molecule has 4 heteroatoms. The molecule has 1 spiro atoms. The fourth-order valence-corrected chi connectivity index (χ4v) is 3.08. The van der Waals surface area contributed by atoms with E-state index in [1.807, 2.05) is 38.1 Å². The van der Waals surface area contributed by atoms with Crippen molar-refractivity contribution in [3.05, 3.63) is 53.9 Å². The number of benzene rings is 1. The number of nitrogens with zero attached hydrogens (tertiary/aromatic N) is 1. The summed E-state index contributed by atoms with van der Waals surface area (Å²) >= 11 is 0. The van der Waals surface area contributed by atoms with Gasteiger partial charge in [0.05, 0.1) is 17.9 Å². The lowest BCUT2D eigenvalue weighted by atomic mass is 10.0. The zero-order chi connectivity index (χ0) is 15.2. The van der Waals surface area contributed by atoms with Crippen LogP contribution in [0.5, 0.6) is 0 Å². The van der Waals surface area contributed by atoms with Crippen LogP contribution in [0.25, 0.3) is 10.9 Å². The zero-order valence-corrected chi connectivity index (χ0v) is 12.8. The van der Waals surface area contributed by atoms with Crippen molar-refractivity contribution in [2.75, 3.05) is 0 Å². The van der Waals surface area contributed by atoms with Crippen molar-refractivity contribution in [1.29, 1.82) is 0 Å². The summed E-state index contributed by atoms with van der Waals surface area (Å²) in [4.78, 5) is 4.83. The van der Waals surface area contributed by atoms with Crippen molar-refractivity contribution >= 4 is 10.9 Å². The molecule has 1 aromatic carbocycles. The number of pyridine rings is 1. The molecule has 22 heavy (non-hydrogen) atoms. The van der Waals surface area contributed by atoms with E-state index in [9.17, 15) is 0 Å². The molecule has 2 aliphatic heterocycles. The van der Waals surface area contributed by atoms with E-state index < -0.39 is 12.1 Å². The van der Waals surface area contributed by atoms with Gasteiger partial charge in [0.2, 0.25) is 0 Å². The van der Waals surface area contributed by atoms with Crippen LogP contribution in [0.15, 0.2) is 42.7 Å². The summed E-state index contributed by atoms with van der Waals surface area (Å²) in [6.07, 6.45) is 5.01. The summed E-state index contributed by atoms with van der Waals surface area (Å²) in [5.74, 6) is -0.812. The average Bonchev–Trinajstić information content (AvgIpc) is 2.79. The maximum atomic E-state index is 6.18. The van der Waals surface area contributed by atoms with Gasteiger partial charge < -0.3 is 14.2 Å². The number of aromatic nitrogens is 1. The number of allylic oxidation sites excluding steroid dienone is 1. The third-order valence-corrected chi connectivity index (χ3v) is 4.06. The lowest BCUT2D eigenvalue weighted by Crippen LogP contribution is -2.30. The number of hydrogen-bond donors (Lipinski definition) is 0. The molecule has 2 aromatic rings. The smallest absolute Gasteiger partial charge is 0.256 e. The van der Waals surface area contributed by atoms with Gasteiger partial charge in [-0.3, -0.25) is 0 Å². The van der Waals surface area contributed by atoms with Crippen molar-refractivity contribution in [2.45, 2.75) is 44.9 Å². The Kier molecular flexibility index (Phi) is 3.17. The van der Waals surface area contributed by atoms with E-state index in [1.165, 1.54) is 0 Å². The maximum Gasteiger partial charge on any atom is 0.256 e. The Hall–Kier alpha value is -1.91. The molecule has 0 saturated carbocycles. The van der Waals surface area contributed by atoms with E-state index in [1.54, 1.807) is 6.26 Å². The Morgan fingerprint density at radius 1 is 1.32 bits per heavy atom. The molecule has 0 bridgehead atoms. The minimum absolute atomic E-state index is 0.0682. The number of rotatable bonds is 2. The van der Waals surface area contributed by atoms with E-state index in [0.717, 1.165) is 35.0 Å². The summed E-state index contributed by atoms with van der Waals surface area (Å²) in [7, 11) is 0. The van der Waals surface area contributed by atoms with Crippen molar-refractivity contribution in [2.24, 2.45) is 0 Å². The van der Waals surface area contributed by atoms with Gasteiger partial charge in [-0.15, -0.1) is 0 Å². The Bertz CT molecular complexity index is 740. The van der Waals surface area contributed by atoms with Crippen molar-refractivity contribution in [3.63, 3.8) is 0 Å². The second kappa shape index (κ2) is 5.07. The lowest BCUT2D eigenvalue weighted by Gasteiger charge is -2.30. The van der Waals surface area contributed by atoms with Crippen LogP contribution in [0.2, 0.25) is 0 Å². The summed E-state index contributed by atoms with van der Waals surface area (Å²) in [6.45, 7) is 4.01. The van der Waals surface area contributed by atoms with Gasteiger partial charge in [-0.25, -0.2) is 4.98 Å². The van der Waals surface area contributed by atoms with Crippen LogP contribution >= 0.6 is 0 Å². The highest BCUT2D eigenvalue weighted by Gasteiger charge is 2.49. The number of para-hydroxylation sites is 1. The van der Waals surface area contributed by atoms with Crippen molar-refractivity contribution < 1.29 is 14.2 Å². The molecule has 0 fully saturated rings. The van der Waals surface area contributed by atoms with Gasteiger partial charge in [-0.05, 0) is 38.5 Å². The number of ether oxygens (including phenoxy) is 3. The minimum Gasteiger partial charge on any atom is -0.464 e. The molecule has 0 amide bonds. The van der Waals surface area contributed by atoms with Crippen LogP contribution in [0, 0.1) is 0 Å². The van der Waals surface area contributed by atoms with Gasteiger partial charge in [0.15, 0.2) is 6.29 Å². The number of fused-ring (bicyclic) bond motifs is 3. The second-order valence-electron chi connectivity index (χ2n) is 6.03. The molecule has 4 rings (SSSR count). The van der Waals surface area contributed by atoms with E-state index in [0.29, 0.717) is 0 Å². The van der Waals surface area contributed by atoms with Crippen LogP contribution in [-0.2, 0) is 20.0 Å². The highest BCUT2D eigenvalue weighted by atomic mass is 16.8. The van der Waals surface area contributed by atoms with Crippen molar-refractivity contribution in [3.8, 4) is 0 Å². The molecular formula is C18H19NO3. The van der Waals surface area contributed by atoms with Crippen LogP contribution in [0.3, 0.4) is 0 Å². The van der Waals surface area contributed by atoms with Crippen molar-refractivity contribution in [1.82, 2.24) is 4.98 Å². The van der Waals surface area contributed by atoms with Gasteiger partial charge in [0.1, 0.15) is 5.69 Å². The highest BCUT2D eigenvalue weighted by Crippen LogP contribution is 2.49. The summed E-state index contributed by atoms with van der Waals surface area (Å²) in [5, 5.41) is 1.09. The maximum absolute atomic E-state index is 6.18. The van der Waals surface area contributed by atoms with Crippen LogP contribution in [0.4, 0.5) is 0 Å². The van der Waals surface area contributed by atoms with Gasteiger partial charge >= 0.3 is 0 Å². The molecule has 2 atom stereocenters. The fraction of sp³-hybridized carbons (Fsp3) is 0.389. The first-order chi connectivity index (χ1) is 10.7. The molecule has 0 unspecified atom stereocenters. The molecule has 2 aliphatic rings. The molecule has 3 heterocycles. The second-order valence-corrected chi connectivity index (χ2v) is 6.03.